The predicted molar refractivity (Wildman–Crippen MR) is 139 cm³/mol. The number of fused-ring (bicyclic) bond motifs is 1. The maximum Gasteiger partial charge on any atom is 0.121 e. The third-order valence-corrected chi connectivity index (χ3v) is 11.1. The van der Waals surface area contributed by atoms with Crippen LogP contribution in [0.2, 0.25) is 13.1 Å². The normalized spacial score (nSPS) is 15.7. The Morgan fingerprint density at radius 2 is 1.58 bits per heavy atom. The van der Waals surface area contributed by atoms with E-state index in [1.54, 1.807) is 0 Å². The highest BCUT2D eigenvalue weighted by Crippen LogP contribution is 2.43. The van der Waals surface area contributed by atoms with Crippen LogP contribution < -0.4 is 9.92 Å². The van der Waals surface area contributed by atoms with E-state index in [0.717, 1.165) is 6.42 Å². The maximum atomic E-state index is 6.17. The van der Waals surface area contributed by atoms with Gasteiger partial charge in [0.25, 0.3) is 0 Å². The van der Waals surface area contributed by atoms with Gasteiger partial charge in [0.05, 0.1) is 15.2 Å². The first-order chi connectivity index (χ1) is 14.9. The third-order valence-electron chi connectivity index (χ3n) is 7.11. The van der Waals surface area contributed by atoms with Gasteiger partial charge in [0.15, 0.2) is 0 Å². The lowest BCUT2D eigenvalue weighted by Crippen LogP contribution is -2.48. The number of aryl methyl sites for hydroxylation is 2. The van der Waals surface area contributed by atoms with Crippen LogP contribution >= 0.6 is 0 Å². The van der Waals surface area contributed by atoms with Crippen molar-refractivity contribution in [2.45, 2.75) is 90.8 Å². The van der Waals surface area contributed by atoms with Crippen molar-refractivity contribution < 1.29 is 4.74 Å². The van der Waals surface area contributed by atoms with Crippen molar-refractivity contribution in [3.05, 3.63) is 64.2 Å². The van der Waals surface area contributed by atoms with Crippen molar-refractivity contribution in [2.24, 2.45) is 0 Å². The summed E-state index contributed by atoms with van der Waals surface area (Å²) < 4.78 is 6.17. The fraction of sp³-hybridized carbons (Fsp3) is 0.517. The molecule has 0 N–H and O–H groups in total. The molecular weight excluding hydrogens is 392 g/mol. The molecule has 0 fully saturated rings. The van der Waals surface area contributed by atoms with Crippen LogP contribution in [0.4, 0.5) is 0 Å². The maximum absolute atomic E-state index is 6.17. The summed E-state index contributed by atoms with van der Waals surface area (Å²) in [5.41, 5.74) is 7.92. The number of ether oxygens (including phenoxy) is 1. The molecule has 2 heteroatoms. The van der Waals surface area contributed by atoms with Gasteiger partial charge in [-0.05, 0) is 60.0 Å². The summed E-state index contributed by atoms with van der Waals surface area (Å²) in [5.74, 6) is 1.18. The number of hydrogen-bond donors (Lipinski definition) is 0. The molecule has 0 heterocycles. The molecule has 1 atom stereocenters. The van der Waals surface area contributed by atoms with Crippen LogP contribution in [0.5, 0.6) is 5.75 Å². The topological polar surface area (TPSA) is 9.23 Å². The average molecular weight is 435 g/mol. The number of hydrogen-bond acceptors (Lipinski definition) is 1. The highest BCUT2D eigenvalue weighted by molar-refractivity contribution is 6.92. The molecule has 2 aromatic rings. The van der Waals surface area contributed by atoms with Gasteiger partial charge in [-0.25, -0.2) is 0 Å². The van der Waals surface area contributed by atoms with Crippen molar-refractivity contribution in [3.63, 3.8) is 0 Å². The van der Waals surface area contributed by atoms with E-state index < -0.39 is 8.07 Å². The molecule has 168 valence electrons. The fourth-order valence-corrected chi connectivity index (χ4v) is 9.52. The summed E-state index contributed by atoms with van der Waals surface area (Å²) in [6.45, 7) is 12.0. The summed E-state index contributed by atoms with van der Waals surface area (Å²) in [5, 5.41) is 1.52. The second-order valence-electron chi connectivity index (χ2n) is 9.92. The van der Waals surface area contributed by atoms with Gasteiger partial charge in [-0.15, -0.1) is 0 Å². The fourth-order valence-electron chi connectivity index (χ4n) is 5.54. The summed E-state index contributed by atoms with van der Waals surface area (Å²) in [6, 6.07) is 14.0. The molecule has 1 aliphatic carbocycles. The van der Waals surface area contributed by atoms with E-state index in [1.165, 1.54) is 83.7 Å². The molecule has 2 aromatic carbocycles. The average Bonchev–Trinajstić information content (AvgIpc) is 3.10. The van der Waals surface area contributed by atoms with Crippen molar-refractivity contribution in [3.8, 4) is 5.75 Å². The molecule has 1 aliphatic rings. The smallest absolute Gasteiger partial charge is 0.121 e. The minimum Gasteiger partial charge on any atom is -0.497 e. The Hall–Kier alpha value is -1.80. The van der Waals surface area contributed by atoms with E-state index in [9.17, 15) is 0 Å². The standard InChI is InChI=1S/C29H42OSi/c1-7-9-11-15-23-20-25(17-12-10-8-2)28(30-4)27(21-23)31(5,6)29-22(3)19-24-16-13-14-18-26(24)29/h13-14,16,18-21,29H,7-12,15,17H2,1-6H3. The zero-order chi connectivity index (χ0) is 22.4. The lowest BCUT2D eigenvalue weighted by atomic mass is 10.00. The first-order valence-corrected chi connectivity index (χ1v) is 15.5. The van der Waals surface area contributed by atoms with Crippen LogP contribution in [0.15, 0.2) is 42.0 Å². The Bertz CT molecular complexity index is 909. The molecule has 1 unspecified atom stereocenters. The van der Waals surface area contributed by atoms with Gasteiger partial charge in [0.2, 0.25) is 0 Å². The first kappa shape index (κ1) is 23.9. The molecule has 0 radical (unpaired) electrons. The van der Waals surface area contributed by atoms with Crippen LogP contribution in [-0.2, 0) is 12.8 Å². The zero-order valence-electron chi connectivity index (χ0n) is 20.7. The van der Waals surface area contributed by atoms with Crippen LogP contribution in [0.3, 0.4) is 0 Å². The van der Waals surface area contributed by atoms with Gasteiger partial charge in [0, 0.05) is 5.54 Å². The Morgan fingerprint density at radius 3 is 2.26 bits per heavy atom. The summed E-state index contributed by atoms with van der Waals surface area (Å²) in [7, 11) is 0.00629. The number of allylic oxidation sites excluding steroid dienone is 1. The lowest BCUT2D eigenvalue weighted by molar-refractivity contribution is 0.411. The summed E-state index contributed by atoms with van der Waals surface area (Å²) in [4.78, 5) is 0. The molecule has 31 heavy (non-hydrogen) atoms. The minimum atomic E-state index is -1.88. The Kier molecular flexibility index (Phi) is 8.22. The van der Waals surface area contributed by atoms with E-state index in [2.05, 4.69) is 76.3 Å². The van der Waals surface area contributed by atoms with E-state index in [4.69, 9.17) is 4.74 Å². The molecule has 0 aromatic heterocycles. The molecule has 1 nitrogen and oxygen atoms in total. The third kappa shape index (κ3) is 5.17. The highest BCUT2D eigenvalue weighted by Gasteiger charge is 2.41. The predicted octanol–water partition coefficient (Wildman–Crippen LogP) is 7.82. The van der Waals surface area contributed by atoms with Crippen LogP contribution in [0.25, 0.3) is 6.08 Å². The quantitative estimate of drug-likeness (QED) is 0.259. The van der Waals surface area contributed by atoms with Gasteiger partial charge >= 0.3 is 0 Å². The second kappa shape index (κ2) is 10.7. The number of benzene rings is 2. The second-order valence-corrected chi connectivity index (χ2v) is 14.5. The molecule has 0 saturated heterocycles. The van der Waals surface area contributed by atoms with E-state index in [0.29, 0.717) is 5.54 Å². The monoisotopic (exact) mass is 434 g/mol. The van der Waals surface area contributed by atoms with Gasteiger partial charge < -0.3 is 4.74 Å². The number of unbranched alkanes of at least 4 members (excludes halogenated alkanes) is 4. The number of rotatable bonds is 11. The largest absolute Gasteiger partial charge is 0.497 e. The van der Waals surface area contributed by atoms with E-state index in [1.807, 2.05) is 7.11 Å². The Morgan fingerprint density at radius 1 is 0.903 bits per heavy atom. The molecular formula is C29H42OSi. The molecule has 0 spiro atoms. The van der Waals surface area contributed by atoms with Gasteiger partial charge in [-0.2, -0.15) is 0 Å². The summed E-state index contributed by atoms with van der Waals surface area (Å²) >= 11 is 0. The van der Waals surface area contributed by atoms with Gasteiger partial charge in [-0.3, -0.25) is 0 Å². The molecule has 0 bridgehead atoms. The molecule has 0 aliphatic heterocycles. The van der Waals surface area contributed by atoms with Crippen LogP contribution in [-0.4, -0.2) is 15.2 Å². The van der Waals surface area contributed by atoms with Gasteiger partial charge in [-0.1, -0.05) is 101 Å². The zero-order valence-corrected chi connectivity index (χ0v) is 21.7. The lowest BCUT2D eigenvalue weighted by Gasteiger charge is -2.34. The highest BCUT2D eigenvalue weighted by atomic mass is 28.3. The van der Waals surface area contributed by atoms with Crippen molar-refractivity contribution in [1.82, 2.24) is 0 Å². The molecule has 3 rings (SSSR count). The first-order valence-electron chi connectivity index (χ1n) is 12.4. The Balaban J connectivity index is 2.07. The van der Waals surface area contributed by atoms with Crippen molar-refractivity contribution in [1.29, 1.82) is 0 Å². The summed E-state index contributed by atoms with van der Waals surface area (Å²) in [6.07, 6.45) is 12.4. The SMILES string of the molecule is CCCCCc1cc(CCCCC)c(OC)c([Si](C)(C)C2C(C)=Cc3ccccc32)c1. The van der Waals surface area contributed by atoms with Crippen molar-refractivity contribution >= 4 is 19.3 Å². The van der Waals surface area contributed by atoms with Crippen molar-refractivity contribution in [2.75, 3.05) is 7.11 Å². The van der Waals surface area contributed by atoms with E-state index >= 15 is 0 Å². The van der Waals surface area contributed by atoms with Crippen LogP contribution in [0, 0.1) is 0 Å². The Labute approximate surface area is 191 Å². The minimum absolute atomic E-state index is 0.520. The number of methoxy groups -OCH3 is 1. The molecule has 0 amide bonds. The molecule has 0 saturated carbocycles. The van der Waals surface area contributed by atoms with Crippen LogP contribution in [0.1, 0.15) is 87.1 Å². The van der Waals surface area contributed by atoms with Gasteiger partial charge in [0.1, 0.15) is 5.75 Å². The van der Waals surface area contributed by atoms with E-state index in [-0.39, 0.29) is 0 Å².